The molecule has 0 radical (unpaired) electrons. The highest BCUT2D eigenvalue weighted by atomic mass is 16.5. The lowest BCUT2D eigenvalue weighted by Crippen LogP contribution is -2.11. The quantitative estimate of drug-likeness (QED) is 0.402. The first-order valence-corrected chi connectivity index (χ1v) is 10.1. The lowest BCUT2D eigenvalue weighted by Gasteiger charge is -2.19. The van der Waals surface area contributed by atoms with Crippen LogP contribution >= 0.6 is 0 Å². The maximum atomic E-state index is 6.17. The van der Waals surface area contributed by atoms with Gasteiger partial charge in [-0.25, -0.2) is 9.97 Å². The van der Waals surface area contributed by atoms with Crippen molar-refractivity contribution >= 4 is 11.0 Å². The van der Waals surface area contributed by atoms with Gasteiger partial charge in [0.15, 0.2) is 0 Å². The van der Waals surface area contributed by atoms with Crippen LogP contribution in [0.4, 0.5) is 0 Å². The van der Waals surface area contributed by atoms with E-state index in [2.05, 4.69) is 45.0 Å². The number of hydrogen-bond donors (Lipinski definition) is 0. The van der Waals surface area contributed by atoms with Gasteiger partial charge in [0.05, 0.1) is 18.1 Å². The van der Waals surface area contributed by atoms with Crippen LogP contribution < -0.4 is 9.47 Å². The summed E-state index contributed by atoms with van der Waals surface area (Å²) in [5, 5.41) is 0. The van der Waals surface area contributed by atoms with Gasteiger partial charge in [0.1, 0.15) is 18.1 Å². The van der Waals surface area contributed by atoms with Gasteiger partial charge in [0, 0.05) is 11.6 Å². The number of aromatic nitrogens is 2. The molecule has 1 heterocycles. The summed E-state index contributed by atoms with van der Waals surface area (Å²) >= 11 is 0. The van der Waals surface area contributed by atoms with Gasteiger partial charge in [0.2, 0.25) is 5.88 Å². The average molecular weight is 399 g/mol. The minimum atomic E-state index is 0.128. The predicted molar refractivity (Wildman–Crippen MR) is 121 cm³/mol. The maximum Gasteiger partial charge on any atom is 0.241 e. The molecule has 0 atom stereocenters. The van der Waals surface area contributed by atoms with Crippen LogP contribution in [0.3, 0.4) is 0 Å². The molecule has 0 aliphatic carbocycles. The van der Waals surface area contributed by atoms with Crippen molar-refractivity contribution in [3.05, 3.63) is 83.9 Å². The Bertz CT molecular complexity index is 1150. The zero-order valence-electron chi connectivity index (χ0n) is 17.8. The lowest BCUT2D eigenvalue weighted by molar-refractivity contribution is 0.295. The average Bonchev–Trinajstić information content (AvgIpc) is 2.77. The van der Waals surface area contributed by atoms with Gasteiger partial charge in [-0.1, -0.05) is 75.4 Å². The molecule has 0 spiro atoms. The van der Waals surface area contributed by atoms with Crippen molar-refractivity contribution in [2.45, 2.75) is 32.8 Å². The van der Waals surface area contributed by atoms with Crippen LogP contribution in [0.2, 0.25) is 0 Å². The second-order valence-corrected chi connectivity index (χ2v) is 8.33. The highest BCUT2D eigenvalue weighted by Gasteiger charge is 2.15. The second kappa shape index (κ2) is 8.15. The van der Waals surface area contributed by atoms with Crippen molar-refractivity contribution in [2.75, 3.05) is 7.11 Å². The van der Waals surface area contributed by atoms with E-state index in [-0.39, 0.29) is 5.41 Å². The van der Waals surface area contributed by atoms with Crippen molar-refractivity contribution in [1.29, 1.82) is 0 Å². The summed E-state index contributed by atoms with van der Waals surface area (Å²) in [5.74, 6) is 1.26. The van der Waals surface area contributed by atoms with Crippen LogP contribution in [0, 0.1) is 0 Å². The van der Waals surface area contributed by atoms with E-state index in [4.69, 9.17) is 19.4 Å². The van der Waals surface area contributed by atoms with Crippen LogP contribution in [0.25, 0.3) is 22.3 Å². The number of methoxy groups -OCH3 is 1. The Morgan fingerprint density at radius 1 is 0.800 bits per heavy atom. The van der Waals surface area contributed by atoms with E-state index in [1.54, 1.807) is 7.11 Å². The molecule has 0 N–H and O–H groups in total. The highest BCUT2D eigenvalue weighted by Crippen LogP contribution is 2.31. The summed E-state index contributed by atoms with van der Waals surface area (Å²) in [6.45, 7) is 7.06. The van der Waals surface area contributed by atoms with Crippen molar-refractivity contribution < 1.29 is 9.47 Å². The number of fused-ring (bicyclic) bond motifs is 1. The summed E-state index contributed by atoms with van der Waals surface area (Å²) < 4.78 is 11.5. The van der Waals surface area contributed by atoms with E-state index in [1.807, 2.05) is 48.5 Å². The topological polar surface area (TPSA) is 44.2 Å². The highest BCUT2D eigenvalue weighted by molar-refractivity contribution is 5.81. The van der Waals surface area contributed by atoms with Crippen LogP contribution in [0.5, 0.6) is 11.6 Å². The zero-order chi connectivity index (χ0) is 21.1. The van der Waals surface area contributed by atoms with Crippen LogP contribution in [0.15, 0.2) is 72.8 Å². The van der Waals surface area contributed by atoms with Crippen molar-refractivity contribution in [3.8, 4) is 22.9 Å². The minimum Gasteiger partial charge on any atom is -0.497 e. The fourth-order valence-corrected chi connectivity index (χ4v) is 3.28. The summed E-state index contributed by atoms with van der Waals surface area (Å²) in [6, 6.07) is 24.2. The zero-order valence-corrected chi connectivity index (χ0v) is 17.8. The normalized spacial score (nSPS) is 11.5. The van der Waals surface area contributed by atoms with Crippen LogP contribution in [0.1, 0.15) is 31.9 Å². The Labute approximate surface area is 177 Å². The number of hydrogen-bond acceptors (Lipinski definition) is 4. The maximum absolute atomic E-state index is 6.17. The molecule has 0 aliphatic heterocycles. The molecule has 0 amide bonds. The molecule has 0 unspecified atom stereocenters. The smallest absolute Gasteiger partial charge is 0.241 e. The molecule has 4 aromatic rings. The van der Waals surface area contributed by atoms with Crippen LogP contribution in [-0.2, 0) is 12.0 Å². The summed E-state index contributed by atoms with van der Waals surface area (Å²) in [7, 11) is 1.64. The summed E-state index contributed by atoms with van der Waals surface area (Å²) in [4.78, 5) is 9.60. The van der Waals surface area contributed by atoms with E-state index in [0.29, 0.717) is 12.5 Å². The van der Waals surface area contributed by atoms with Crippen molar-refractivity contribution in [1.82, 2.24) is 9.97 Å². The molecule has 0 bridgehead atoms. The molecule has 0 saturated carbocycles. The molecule has 4 nitrogen and oxygen atoms in total. The number of benzene rings is 3. The minimum absolute atomic E-state index is 0.128. The fourth-order valence-electron chi connectivity index (χ4n) is 3.28. The number of ether oxygens (including phenoxy) is 2. The van der Waals surface area contributed by atoms with Gasteiger partial charge < -0.3 is 9.47 Å². The Kier molecular flexibility index (Phi) is 5.40. The van der Waals surface area contributed by atoms with Crippen LogP contribution in [-0.4, -0.2) is 17.1 Å². The van der Waals surface area contributed by atoms with Gasteiger partial charge >= 0.3 is 0 Å². The third kappa shape index (κ3) is 4.28. The van der Waals surface area contributed by atoms with Crippen molar-refractivity contribution in [3.63, 3.8) is 0 Å². The SMILES string of the molecule is COc1ccc2nc(-c3ccccc3)c(OCc3ccc(C(C)(C)C)cc3)nc2c1. The first kappa shape index (κ1) is 19.9. The molecule has 4 heteroatoms. The molecule has 4 rings (SSSR count). The van der Waals surface area contributed by atoms with Gasteiger partial charge in [-0.15, -0.1) is 0 Å². The standard InChI is InChI=1S/C26H26N2O2/c1-26(2,3)20-12-10-18(11-13-20)17-30-25-24(19-8-6-5-7-9-19)27-22-15-14-21(29-4)16-23(22)28-25/h5-16H,17H2,1-4H3. The molecular weight excluding hydrogens is 372 g/mol. The summed E-state index contributed by atoms with van der Waals surface area (Å²) in [6.07, 6.45) is 0. The summed E-state index contributed by atoms with van der Waals surface area (Å²) in [5.41, 5.74) is 5.77. The Morgan fingerprint density at radius 2 is 1.53 bits per heavy atom. The second-order valence-electron chi connectivity index (χ2n) is 8.33. The molecule has 152 valence electrons. The third-order valence-electron chi connectivity index (χ3n) is 5.08. The van der Waals surface area contributed by atoms with Gasteiger partial charge in [0.25, 0.3) is 0 Å². The monoisotopic (exact) mass is 398 g/mol. The molecule has 1 aromatic heterocycles. The van der Waals surface area contributed by atoms with E-state index < -0.39 is 0 Å². The molecule has 3 aromatic carbocycles. The van der Waals surface area contributed by atoms with E-state index >= 15 is 0 Å². The first-order valence-electron chi connectivity index (χ1n) is 10.1. The van der Waals surface area contributed by atoms with E-state index in [1.165, 1.54) is 5.56 Å². The third-order valence-corrected chi connectivity index (χ3v) is 5.08. The number of rotatable bonds is 5. The molecule has 0 aliphatic rings. The van der Waals surface area contributed by atoms with Gasteiger partial charge in [-0.05, 0) is 28.7 Å². The number of nitrogens with zero attached hydrogens (tertiary/aromatic N) is 2. The Morgan fingerprint density at radius 3 is 2.20 bits per heavy atom. The van der Waals surface area contributed by atoms with Crippen molar-refractivity contribution in [2.24, 2.45) is 0 Å². The van der Waals surface area contributed by atoms with Gasteiger partial charge in [-0.3, -0.25) is 0 Å². The molecule has 30 heavy (non-hydrogen) atoms. The Hall–Kier alpha value is -3.40. The fraction of sp³-hybridized carbons (Fsp3) is 0.231. The Balaban J connectivity index is 1.69. The molecular formula is C26H26N2O2. The largest absolute Gasteiger partial charge is 0.497 e. The lowest BCUT2D eigenvalue weighted by atomic mass is 9.87. The molecule has 0 saturated heterocycles. The van der Waals surface area contributed by atoms with E-state index in [0.717, 1.165) is 33.6 Å². The molecule has 0 fully saturated rings. The van der Waals surface area contributed by atoms with E-state index in [9.17, 15) is 0 Å². The first-order chi connectivity index (χ1) is 14.4. The predicted octanol–water partition coefficient (Wildman–Crippen LogP) is 6.18. The van der Waals surface area contributed by atoms with Gasteiger partial charge in [-0.2, -0.15) is 0 Å².